The molecule has 0 aliphatic heterocycles. The predicted octanol–water partition coefficient (Wildman–Crippen LogP) is 2.91. The molecular weight excluding hydrogens is 323 g/mol. The molecule has 0 saturated carbocycles. The maximum Gasteiger partial charge on any atom is 0.333 e. The van der Waals surface area contributed by atoms with E-state index in [1.54, 1.807) is 24.4 Å². The van der Waals surface area contributed by atoms with Crippen LogP contribution in [0.2, 0.25) is 0 Å². The summed E-state index contributed by atoms with van der Waals surface area (Å²) in [4.78, 5) is 12.0. The lowest BCUT2D eigenvalue weighted by Crippen LogP contribution is -2.18. The molecule has 0 fully saturated rings. The number of carbonyl (C=O) groups is 1. The van der Waals surface area contributed by atoms with Crippen molar-refractivity contribution in [3.05, 3.63) is 65.9 Å². The van der Waals surface area contributed by atoms with Gasteiger partial charge in [0.25, 0.3) is 5.91 Å². The van der Waals surface area contributed by atoms with Crippen LogP contribution in [0.4, 0.5) is 19.0 Å². The van der Waals surface area contributed by atoms with Gasteiger partial charge < -0.3 is 5.32 Å². The number of rotatable bonds is 5. The van der Waals surface area contributed by atoms with Gasteiger partial charge in [0.15, 0.2) is 5.82 Å². The minimum absolute atomic E-state index is 0.165. The van der Waals surface area contributed by atoms with Crippen LogP contribution in [0.25, 0.3) is 0 Å². The molecule has 0 spiro atoms. The van der Waals surface area contributed by atoms with Crippen LogP contribution in [0.5, 0.6) is 0 Å². The minimum Gasteiger partial charge on any atom is -0.304 e. The van der Waals surface area contributed by atoms with E-state index in [1.807, 2.05) is 0 Å². The number of aromatic nitrogens is 4. The van der Waals surface area contributed by atoms with E-state index in [0.717, 1.165) is 6.20 Å². The van der Waals surface area contributed by atoms with Crippen molar-refractivity contribution in [3.63, 3.8) is 0 Å². The lowest BCUT2D eigenvalue weighted by atomic mass is 10.2. The van der Waals surface area contributed by atoms with Gasteiger partial charge in [-0.05, 0) is 12.1 Å². The zero-order valence-corrected chi connectivity index (χ0v) is 12.2. The van der Waals surface area contributed by atoms with Gasteiger partial charge in [-0.3, -0.25) is 9.48 Å². The summed E-state index contributed by atoms with van der Waals surface area (Å²) in [6.45, 7) is -2.74. The predicted molar refractivity (Wildman–Crippen MR) is 79.2 cm³/mol. The first-order valence-electron chi connectivity index (χ1n) is 6.94. The SMILES string of the molecule is O=C(Nc1ccn(Cc2ccccc2F)n1)c1ccnn1C(F)F. The molecule has 2 aromatic heterocycles. The highest BCUT2D eigenvalue weighted by Gasteiger charge is 2.18. The number of anilines is 1. The molecule has 0 saturated heterocycles. The van der Waals surface area contributed by atoms with Gasteiger partial charge in [-0.2, -0.15) is 23.7 Å². The van der Waals surface area contributed by atoms with E-state index in [-0.39, 0.29) is 23.9 Å². The van der Waals surface area contributed by atoms with Crippen molar-refractivity contribution in [1.82, 2.24) is 19.6 Å². The average molecular weight is 335 g/mol. The van der Waals surface area contributed by atoms with E-state index in [9.17, 15) is 18.0 Å². The van der Waals surface area contributed by atoms with Crippen molar-refractivity contribution < 1.29 is 18.0 Å². The summed E-state index contributed by atoms with van der Waals surface area (Å²) >= 11 is 0. The Morgan fingerprint density at radius 2 is 2.00 bits per heavy atom. The standard InChI is InChI=1S/C15H12F3N5O/c16-11-4-2-1-3-10(11)9-22-8-6-13(21-22)20-14(24)12-5-7-19-23(12)15(17)18/h1-8,15H,9H2,(H,20,21,24). The van der Waals surface area contributed by atoms with Crippen LogP contribution in [-0.2, 0) is 6.54 Å². The molecule has 0 atom stereocenters. The van der Waals surface area contributed by atoms with E-state index in [1.165, 1.54) is 22.9 Å². The summed E-state index contributed by atoms with van der Waals surface area (Å²) in [5.41, 5.74) is 0.155. The molecule has 6 nitrogen and oxygen atoms in total. The number of nitrogens with zero attached hydrogens (tertiary/aromatic N) is 4. The molecule has 0 radical (unpaired) electrons. The molecule has 1 amide bonds. The fourth-order valence-electron chi connectivity index (χ4n) is 2.15. The molecular formula is C15H12F3N5O. The van der Waals surface area contributed by atoms with Crippen LogP contribution in [-0.4, -0.2) is 25.5 Å². The number of halogens is 3. The second-order valence-electron chi connectivity index (χ2n) is 4.88. The van der Waals surface area contributed by atoms with Crippen molar-refractivity contribution in [3.8, 4) is 0 Å². The fourth-order valence-corrected chi connectivity index (χ4v) is 2.15. The Morgan fingerprint density at radius 1 is 1.21 bits per heavy atom. The molecule has 0 aliphatic rings. The number of hydrogen-bond acceptors (Lipinski definition) is 3. The van der Waals surface area contributed by atoms with E-state index >= 15 is 0 Å². The van der Waals surface area contributed by atoms with Crippen molar-refractivity contribution >= 4 is 11.7 Å². The number of alkyl halides is 2. The molecule has 0 bridgehead atoms. The fraction of sp³-hybridized carbons (Fsp3) is 0.133. The van der Waals surface area contributed by atoms with Crippen LogP contribution < -0.4 is 5.32 Å². The number of carbonyl (C=O) groups excluding carboxylic acids is 1. The Hall–Kier alpha value is -3.10. The Bertz CT molecular complexity index is 858. The third-order valence-electron chi connectivity index (χ3n) is 3.26. The average Bonchev–Trinajstić information content (AvgIpc) is 3.19. The van der Waals surface area contributed by atoms with Gasteiger partial charge in [0.1, 0.15) is 11.5 Å². The first-order valence-corrected chi connectivity index (χ1v) is 6.94. The van der Waals surface area contributed by atoms with Crippen molar-refractivity contribution in [1.29, 1.82) is 0 Å². The third-order valence-corrected chi connectivity index (χ3v) is 3.26. The summed E-state index contributed by atoms with van der Waals surface area (Å²) in [7, 11) is 0. The topological polar surface area (TPSA) is 64.7 Å². The molecule has 24 heavy (non-hydrogen) atoms. The minimum atomic E-state index is -2.92. The van der Waals surface area contributed by atoms with Crippen LogP contribution in [0, 0.1) is 5.82 Å². The Balaban J connectivity index is 1.71. The highest BCUT2D eigenvalue weighted by Crippen LogP contribution is 2.14. The normalized spacial score (nSPS) is 11.0. The smallest absolute Gasteiger partial charge is 0.304 e. The highest BCUT2D eigenvalue weighted by molar-refractivity contribution is 6.02. The molecule has 1 aromatic carbocycles. The maximum atomic E-state index is 13.6. The quantitative estimate of drug-likeness (QED) is 0.780. The Morgan fingerprint density at radius 3 is 2.75 bits per heavy atom. The number of amides is 1. The van der Waals surface area contributed by atoms with Crippen LogP contribution in [0.15, 0.2) is 48.8 Å². The summed E-state index contributed by atoms with van der Waals surface area (Å²) in [5, 5.41) is 9.86. The zero-order chi connectivity index (χ0) is 17.1. The van der Waals surface area contributed by atoms with Crippen molar-refractivity contribution in [2.24, 2.45) is 0 Å². The molecule has 0 unspecified atom stereocenters. The van der Waals surface area contributed by atoms with Gasteiger partial charge in [0.2, 0.25) is 0 Å². The van der Waals surface area contributed by atoms with E-state index < -0.39 is 12.5 Å². The number of nitrogens with one attached hydrogen (secondary N) is 1. The molecule has 2 heterocycles. The molecule has 0 aliphatic carbocycles. The van der Waals surface area contributed by atoms with Crippen molar-refractivity contribution in [2.45, 2.75) is 13.1 Å². The third kappa shape index (κ3) is 3.29. The highest BCUT2D eigenvalue weighted by atomic mass is 19.3. The molecule has 3 rings (SSSR count). The second-order valence-corrected chi connectivity index (χ2v) is 4.88. The second kappa shape index (κ2) is 6.57. The summed E-state index contributed by atoms with van der Waals surface area (Å²) in [5.74, 6) is -0.957. The number of benzene rings is 1. The Labute approximate surface area is 134 Å². The van der Waals surface area contributed by atoms with E-state index in [2.05, 4.69) is 15.5 Å². The lowest BCUT2D eigenvalue weighted by Gasteiger charge is -2.06. The molecule has 3 aromatic rings. The molecule has 9 heteroatoms. The first kappa shape index (κ1) is 15.8. The summed E-state index contributed by atoms with van der Waals surface area (Å²) < 4.78 is 40.8. The van der Waals surface area contributed by atoms with Gasteiger partial charge in [-0.25, -0.2) is 4.39 Å². The van der Waals surface area contributed by atoms with Gasteiger partial charge in [-0.15, -0.1) is 0 Å². The number of hydrogen-bond donors (Lipinski definition) is 1. The zero-order valence-electron chi connectivity index (χ0n) is 12.2. The monoisotopic (exact) mass is 335 g/mol. The summed E-state index contributed by atoms with van der Waals surface area (Å²) in [6, 6.07) is 8.92. The maximum absolute atomic E-state index is 13.6. The van der Waals surface area contributed by atoms with E-state index in [0.29, 0.717) is 10.2 Å². The van der Waals surface area contributed by atoms with Gasteiger partial charge >= 0.3 is 6.55 Å². The van der Waals surface area contributed by atoms with Gasteiger partial charge in [0, 0.05) is 24.0 Å². The Kier molecular flexibility index (Phi) is 4.32. The molecule has 1 N–H and O–H groups in total. The van der Waals surface area contributed by atoms with Crippen LogP contribution >= 0.6 is 0 Å². The first-order chi connectivity index (χ1) is 11.5. The molecule has 124 valence electrons. The van der Waals surface area contributed by atoms with Crippen LogP contribution in [0.1, 0.15) is 22.6 Å². The van der Waals surface area contributed by atoms with Crippen LogP contribution in [0.3, 0.4) is 0 Å². The van der Waals surface area contributed by atoms with E-state index in [4.69, 9.17) is 0 Å². The largest absolute Gasteiger partial charge is 0.333 e. The van der Waals surface area contributed by atoms with Crippen molar-refractivity contribution in [2.75, 3.05) is 5.32 Å². The van der Waals surface area contributed by atoms with Gasteiger partial charge in [0.05, 0.1) is 6.54 Å². The van der Waals surface area contributed by atoms with Gasteiger partial charge in [-0.1, -0.05) is 18.2 Å². The lowest BCUT2D eigenvalue weighted by molar-refractivity contribution is 0.0520. The summed E-state index contributed by atoms with van der Waals surface area (Å²) in [6.07, 6.45) is 2.66.